The van der Waals surface area contributed by atoms with E-state index in [0.29, 0.717) is 0 Å². The molecule has 1 amide bonds. The fourth-order valence-corrected chi connectivity index (χ4v) is 1.87. The first-order chi connectivity index (χ1) is 11.9. The van der Waals surface area contributed by atoms with Gasteiger partial charge < -0.3 is 15.2 Å². The molecule has 0 spiro atoms. The van der Waals surface area contributed by atoms with Crippen molar-refractivity contribution in [3.8, 4) is 5.88 Å². The van der Waals surface area contributed by atoms with Gasteiger partial charge in [-0.3, -0.25) is 9.59 Å². The molecule has 146 valence electrons. The van der Waals surface area contributed by atoms with Crippen LogP contribution in [0.5, 0.6) is 5.88 Å². The lowest BCUT2D eigenvalue weighted by atomic mass is 9.85. The zero-order valence-electron chi connectivity index (χ0n) is 14.4. The van der Waals surface area contributed by atoms with E-state index in [9.17, 15) is 27.2 Å². The number of ether oxygens (including phenoxy) is 1. The summed E-state index contributed by atoms with van der Waals surface area (Å²) in [5, 5.41) is 11.6. The van der Waals surface area contributed by atoms with E-state index in [2.05, 4.69) is 15.0 Å². The van der Waals surface area contributed by atoms with Gasteiger partial charge in [-0.25, -0.2) is 13.8 Å². The number of rotatable bonds is 9. The summed E-state index contributed by atoms with van der Waals surface area (Å²) in [6.07, 6.45) is -3.14. The van der Waals surface area contributed by atoms with Crippen LogP contribution in [-0.2, 0) is 4.79 Å². The standard InChI is InChI=1S/C16H20F4N2O4/c1-9(2)15(3,6-12(23)24)22-13(25)10-4-5-11(21-7-10)26-8-16(19,20)14(17)18/h4-5,7,9,14H,6,8H2,1-3H3,(H,22,25)(H,23,24). The predicted molar refractivity (Wildman–Crippen MR) is 83.6 cm³/mol. The molecule has 0 bridgehead atoms. The van der Waals surface area contributed by atoms with Gasteiger partial charge in [0.25, 0.3) is 5.91 Å². The van der Waals surface area contributed by atoms with Crippen molar-refractivity contribution in [3.63, 3.8) is 0 Å². The van der Waals surface area contributed by atoms with Gasteiger partial charge in [-0.1, -0.05) is 13.8 Å². The molecular formula is C16H20F4N2O4. The summed E-state index contributed by atoms with van der Waals surface area (Å²) < 4.78 is 54.2. The van der Waals surface area contributed by atoms with Crippen LogP contribution in [0, 0.1) is 5.92 Å². The summed E-state index contributed by atoms with van der Waals surface area (Å²) in [4.78, 5) is 26.9. The summed E-state index contributed by atoms with van der Waals surface area (Å²) in [6, 6.07) is 2.29. The monoisotopic (exact) mass is 380 g/mol. The van der Waals surface area contributed by atoms with Crippen LogP contribution >= 0.6 is 0 Å². The Balaban J connectivity index is 2.78. The molecule has 26 heavy (non-hydrogen) atoms. The normalized spacial score (nSPS) is 14.2. The first-order valence-electron chi connectivity index (χ1n) is 7.66. The van der Waals surface area contributed by atoms with Crippen LogP contribution in [0.15, 0.2) is 18.3 Å². The number of carbonyl (C=O) groups excluding carboxylic acids is 1. The minimum atomic E-state index is -4.31. The Morgan fingerprint density at radius 3 is 2.35 bits per heavy atom. The molecule has 1 unspecified atom stereocenters. The number of halogens is 4. The van der Waals surface area contributed by atoms with Crippen LogP contribution in [0.1, 0.15) is 37.6 Å². The number of hydrogen-bond acceptors (Lipinski definition) is 4. The number of hydrogen-bond donors (Lipinski definition) is 2. The largest absolute Gasteiger partial charge is 0.481 e. The summed E-state index contributed by atoms with van der Waals surface area (Å²) in [7, 11) is 0. The van der Waals surface area contributed by atoms with E-state index in [1.54, 1.807) is 20.8 Å². The molecule has 1 atom stereocenters. The average Bonchev–Trinajstić information content (AvgIpc) is 2.52. The Morgan fingerprint density at radius 1 is 1.31 bits per heavy atom. The highest BCUT2D eigenvalue weighted by atomic mass is 19.3. The summed E-state index contributed by atoms with van der Waals surface area (Å²) in [5.41, 5.74) is -0.979. The zero-order valence-corrected chi connectivity index (χ0v) is 14.4. The molecule has 6 nitrogen and oxygen atoms in total. The highest BCUT2D eigenvalue weighted by Crippen LogP contribution is 2.24. The maximum absolute atomic E-state index is 12.8. The number of carboxylic acid groups (broad SMARTS) is 1. The zero-order chi connectivity index (χ0) is 20.1. The van der Waals surface area contributed by atoms with Crippen molar-refractivity contribution in [2.45, 2.75) is 45.1 Å². The highest BCUT2D eigenvalue weighted by Gasteiger charge is 2.41. The van der Waals surface area contributed by atoms with Gasteiger partial charge in [0.1, 0.15) is 0 Å². The fourth-order valence-electron chi connectivity index (χ4n) is 1.87. The number of carbonyl (C=O) groups is 2. The Bertz CT molecular complexity index is 638. The van der Waals surface area contributed by atoms with E-state index in [-0.39, 0.29) is 23.8 Å². The molecule has 0 aliphatic heterocycles. The van der Waals surface area contributed by atoms with Crippen LogP contribution < -0.4 is 10.1 Å². The number of alkyl halides is 4. The molecule has 1 aromatic rings. The van der Waals surface area contributed by atoms with E-state index in [0.717, 1.165) is 12.3 Å². The minimum Gasteiger partial charge on any atom is -0.481 e. The van der Waals surface area contributed by atoms with Crippen molar-refractivity contribution in [2.24, 2.45) is 5.92 Å². The van der Waals surface area contributed by atoms with Crippen LogP contribution in [-0.4, -0.2) is 46.5 Å². The van der Waals surface area contributed by atoms with Gasteiger partial charge >= 0.3 is 18.3 Å². The van der Waals surface area contributed by atoms with Gasteiger partial charge in [-0.05, 0) is 18.9 Å². The van der Waals surface area contributed by atoms with E-state index in [1.165, 1.54) is 6.07 Å². The molecule has 1 aromatic heterocycles. The topological polar surface area (TPSA) is 88.5 Å². The smallest absolute Gasteiger partial charge is 0.340 e. The van der Waals surface area contributed by atoms with Crippen molar-refractivity contribution in [1.82, 2.24) is 10.3 Å². The number of aliphatic carboxylic acids is 1. The Hall–Kier alpha value is -2.39. The third-order valence-electron chi connectivity index (χ3n) is 3.92. The second-order valence-corrected chi connectivity index (χ2v) is 6.33. The maximum atomic E-state index is 12.8. The van der Waals surface area contributed by atoms with Gasteiger partial charge in [-0.2, -0.15) is 8.78 Å². The van der Waals surface area contributed by atoms with Crippen molar-refractivity contribution in [3.05, 3.63) is 23.9 Å². The van der Waals surface area contributed by atoms with E-state index < -0.39 is 36.4 Å². The average molecular weight is 380 g/mol. The second-order valence-electron chi connectivity index (χ2n) is 6.33. The van der Waals surface area contributed by atoms with Crippen molar-refractivity contribution in [1.29, 1.82) is 0 Å². The molecule has 1 rings (SSSR count). The number of pyridine rings is 1. The first kappa shape index (κ1) is 21.7. The molecular weight excluding hydrogens is 360 g/mol. The third kappa shape index (κ3) is 5.85. The Kier molecular flexibility index (Phi) is 6.93. The van der Waals surface area contributed by atoms with E-state index >= 15 is 0 Å². The maximum Gasteiger partial charge on any atom is 0.340 e. The number of carboxylic acids is 1. The van der Waals surface area contributed by atoms with Gasteiger partial charge in [0.05, 0.1) is 17.5 Å². The summed E-state index contributed by atoms with van der Waals surface area (Å²) >= 11 is 0. The first-order valence-corrected chi connectivity index (χ1v) is 7.66. The van der Waals surface area contributed by atoms with Gasteiger partial charge in [0.15, 0.2) is 6.61 Å². The highest BCUT2D eigenvalue weighted by molar-refractivity contribution is 5.94. The molecule has 0 radical (unpaired) electrons. The lowest BCUT2D eigenvalue weighted by Gasteiger charge is -2.33. The Morgan fingerprint density at radius 2 is 1.92 bits per heavy atom. The SMILES string of the molecule is CC(C)C(C)(CC(=O)O)NC(=O)c1ccc(OCC(F)(F)C(F)F)nc1. The van der Waals surface area contributed by atoms with E-state index in [4.69, 9.17) is 5.11 Å². The molecule has 10 heteroatoms. The fraction of sp³-hybridized carbons (Fsp3) is 0.562. The predicted octanol–water partition coefficient (Wildman–Crippen LogP) is 2.98. The molecule has 0 saturated carbocycles. The molecule has 2 N–H and O–H groups in total. The van der Waals surface area contributed by atoms with Crippen LogP contribution in [0.4, 0.5) is 17.6 Å². The van der Waals surface area contributed by atoms with Crippen molar-refractivity contribution >= 4 is 11.9 Å². The van der Waals surface area contributed by atoms with Crippen LogP contribution in [0.3, 0.4) is 0 Å². The van der Waals surface area contributed by atoms with Crippen LogP contribution in [0.2, 0.25) is 0 Å². The minimum absolute atomic E-state index is 0.0373. The van der Waals surface area contributed by atoms with Crippen molar-refractivity contribution < 1.29 is 37.0 Å². The number of aromatic nitrogens is 1. The summed E-state index contributed by atoms with van der Waals surface area (Å²) in [5.74, 6) is -6.54. The Labute approximate surface area is 147 Å². The van der Waals surface area contributed by atoms with Gasteiger partial charge in [0, 0.05) is 12.3 Å². The molecule has 0 aliphatic rings. The van der Waals surface area contributed by atoms with Crippen LogP contribution in [0.25, 0.3) is 0 Å². The van der Waals surface area contributed by atoms with E-state index in [1.807, 2.05) is 0 Å². The van der Waals surface area contributed by atoms with Gasteiger partial charge in [-0.15, -0.1) is 0 Å². The molecule has 0 fully saturated rings. The molecule has 0 aliphatic carbocycles. The number of nitrogens with zero attached hydrogens (tertiary/aromatic N) is 1. The molecule has 0 saturated heterocycles. The quantitative estimate of drug-likeness (QED) is 0.643. The van der Waals surface area contributed by atoms with Gasteiger partial charge in [0.2, 0.25) is 5.88 Å². The number of nitrogens with one attached hydrogen (secondary N) is 1. The van der Waals surface area contributed by atoms with Crippen molar-refractivity contribution in [2.75, 3.05) is 6.61 Å². The lowest BCUT2D eigenvalue weighted by Crippen LogP contribution is -2.51. The summed E-state index contributed by atoms with van der Waals surface area (Å²) in [6.45, 7) is 3.54. The second kappa shape index (κ2) is 8.33. The third-order valence-corrected chi connectivity index (χ3v) is 3.92. The molecule has 0 aromatic carbocycles. The number of amides is 1. The lowest BCUT2D eigenvalue weighted by molar-refractivity contribution is -0.148. The molecule has 1 heterocycles.